The monoisotopic (exact) mass is 429 g/mol. The molecule has 1 heterocycles. The summed E-state index contributed by atoms with van der Waals surface area (Å²) < 4.78 is 28.7. The molecule has 2 aromatic rings. The van der Waals surface area contributed by atoms with Crippen molar-refractivity contribution in [3.05, 3.63) is 64.7 Å². The number of benzene rings is 2. The lowest BCUT2D eigenvalue weighted by atomic mass is 10.1. The van der Waals surface area contributed by atoms with Crippen LogP contribution < -0.4 is 5.32 Å². The maximum Gasteiger partial charge on any atom is 0.244 e. The Morgan fingerprint density at radius 1 is 1.03 bits per heavy atom. The first-order valence-electron chi connectivity index (χ1n) is 10.4. The van der Waals surface area contributed by atoms with Gasteiger partial charge in [-0.05, 0) is 43.9 Å². The number of aryl methyl sites for hydroxylation is 3. The summed E-state index contributed by atoms with van der Waals surface area (Å²) in [6.45, 7) is 8.40. The highest BCUT2D eigenvalue weighted by molar-refractivity contribution is 7.89. The lowest BCUT2D eigenvalue weighted by Crippen LogP contribution is -2.50. The molecule has 1 saturated heterocycles. The Kier molecular flexibility index (Phi) is 7.28. The first kappa shape index (κ1) is 22.5. The molecule has 7 heteroatoms. The molecule has 1 amide bonds. The van der Waals surface area contributed by atoms with Crippen molar-refractivity contribution in [2.24, 2.45) is 0 Å². The fourth-order valence-electron chi connectivity index (χ4n) is 4.05. The van der Waals surface area contributed by atoms with Gasteiger partial charge in [0.2, 0.25) is 15.9 Å². The molecule has 0 unspecified atom stereocenters. The summed E-state index contributed by atoms with van der Waals surface area (Å²) in [5, 5.41) is 3.22. The number of nitrogens with one attached hydrogen (secondary N) is 1. The van der Waals surface area contributed by atoms with Crippen molar-refractivity contribution in [3.8, 4) is 0 Å². The van der Waals surface area contributed by atoms with Crippen LogP contribution in [0.3, 0.4) is 0 Å². The predicted molar refractivity (Wildman–Crippen MR) is 119 cm³/mol. The van der Waals surface area contributed by atoms with E-state index in [1.54, 1.807) is 4.90 Å². The highest BCUT2D eigenvalue weighted by Crippen LogP contribution is 2.25. The van der Waals surface area contributed by atoms with Crippen molar-refractivity contribution >= 4 is 15.9 Å². The Morgan fingerprint density at radius 2 is 1.63 bits per heavy atom. The molecule has 3 rings (SSSR count). The first-order chi connectivity index (χ1) is 14.3. The third-order valence-corrected chi connectivity index (χ3v) is 7.63. The minimum Gasteiger partial charge on any atom is -0.339 e. The molecule has 1 fully saturated rings. The minimum atomic E-state index is -3.81. The van der Waals surface area contributed by atoms with E-state index in [1.165, 1.54) is 4.31 Å². The van der Waals surface area contributed by atoms with Gasteiger partial charge in [0.05, 0.1) is 11.4 Å². The Balaban J connectivity index is 1.90. The molecule has 0 spiro atoms. The van der Waals surface area contributed by atoms with Crippen molar-refractivity contribution in [2.75, 3.05) is 39.3 Å². The first-order valence-corrected chi connectivity index (χ1v) is 11.8. The number of piperazine rings is 1. The standard InChI is InChI=1S/C23H31N3O3S/c1-18-15-19(2)23(20(3)16-18)30(28,29)26(12-9-21-7-5-4-6-8-21)17-22(27)25-13-10-24-11-14-25/h4-8,15-16,24H,9-14,17H2,1-3H3. The number of carbonyl (C=O) groups is 1. The minimum absolute atomic E-state index is 0.137. The maximum absolute atomic E-state index is 13.7. The van der Waals surface area contributed by atoms with Crippen molar-refractivity contribution in [1.82, 2.24) is 14.5 Å². The van der Waals surface area contributed by atoms with Gasteiger partial charge < -0.3 is 10.2 Å². The van der Waals surface area contributed by atoms with Crippen molar-refractivity contribution < 1.29 is 13.2 Å². The fourth-order valence-corrected chi connectivity index (χ4v) is 5.85. The van der Waals surface area contributed by atoms with E-state index in [9.17, 15) is 13.2 Å². The van der Waals surface area contributed by atoms with E-state index < -0.39 is 10.0 Å². The summed E-state index contributed by atoms with van der Waals surface area (Å²) in [6.07, 6.45) is 0.554. The van der Waals surface area contributed by atoms with Crippen LogP contribution in [0.1, 0.15) is 22.3 Å². The van der Waals surface area contributed by atoms with Crippen LogP contribution in [0.25, 0.3) is 0 Å². The fraction of sp³-hybridized carbons (Fsp3) is 0.435. The lowest BCUT2D eigenvalue weighted by molar-refractivity contribution is -0.131. The van der Waals surface area contributed by atoms with Crippen LogP contribution in [0.5, 0.6) is 0 Å². The van der Waals surface area contributed by atoms with Gasteiger partial charge in [0.1, 0.15) is 0 Å². The number of hydrogen-bond donors (Lipinski definition) is 1. The zero-order valence-electron chi connectivity index (χ0n) is 18.0. The molecule has 30 heavy (non-hydrogen) atoms. The van der Waals surface area contributed by atoms with Gasteiger partial charge in [-0.3, -0.25) is 4.79 Å². The van der Waals surface area contributed by atoms with Crippen LogP contribution in [-0.2, 0) is 21.2 Å². The van der Waals surface area contributed by atoms with Crippen molar-refractivity contribution in [3.63, 3.8) is 0 Å². The largest absolute Gasteiger partial charge is 0.339 e. The van der Waals surface area contributed by atoms with E-state index in [0.29, 0.717) is 35.5 Å². The van der Waals surface area contributed by atoms with Crippen LogP contribution >= 0.6 is 0 Å². The average molecular weight is 430 g/mol. The molecule has 1 aliphatic heterocycles. The smallest absolute Gasteiger partial charge is 0.244 e. The van der Waals surface area contributed by atoms with Crippen LogP contribution in [-0.4, -0.2) is 62.8 Å². The van der Waals surface area contributed by atoms with Crippen molar-refractivity contribution in [2.45, 2.75) is 32.1 Å². The van der Waals surface area contributed by atoms with Gasteiger partial charge >= 0.3 is 0 Å². The Labute approximate surface area is 179 Å². The van der Waals surface area contributed by atoms with E-state index in [1.807, 2.05) is 63.2 Å². The molecule has 0 atom stereocenters. The van der Waals surface area contributed by atoms with E-state index >= 15 is 0 Å². The molecule has 2 aromatic carbocycles. The second-order valence-corrected chi connectivity index (χ2v) is 9.81. The lowest BCUT2D eigenvalue weighted by Gasteiger charge is -2.30. The van der Waals surface area contributed by atoms with Gasteiger partial charge in [0.25, 0.3) is 0 Å². The van der Waals surface area contributed by atoms with Gasteiger partial charge in [0.15, 0.2) is 0 Å². The number of hydrogen-bond acceptors (Lipinski definition) is 4. The number of carbonyl (C=O) groups excluding carboxylic acids is 1. The van der Waals surface area contributed by atoms with Crippen LogP contribution in [0.2, 0.25) is 0 Å². The Morgan fingerprint density at radius 3 is 2.23 bits per heavy atom. The zero-order chi connectivity index (χ0) is 21.7. The number of sulfonamides is 1. The van der Waals surface area contributed by atoms with Gasteiger partial charge in [-0.2, -0.15) is 4.31 Å². The molecule has 162 valence electrons. The van der Waals surface area contributed by atoms with E-state index in [2.05, 4.69) is 5.32 Å². The molecular weight excluding hydrogens is 398 g/mol. The Bertz CT molecular complexity index is 961. The number of nitrogens with zero attached hydrogens (tertiary/aromatic N) is 2. The van der Waals surface area contributed by atoms with Gasteiger partial charge in [-0.1, -0.05) is 48.0 Å². The quantitative estimate of drug-likeness (QED) is 0.733. The van der Waals surface area contributed by atoms with Gasteiger partial charge in [-0.25, -0.2) is 8.42 Å². The third kappa shape index (κ3) is 5.28. The highest BCUT2D eigenvalue weighted by Gasteiger charge is 2.31. The van der Waals surface area contributed by atoms with Crippen LogP contribution in [0, 0.1) is 20.8 Å². The van der Waals surface area contributed by atoms with Crippen LogP contribution in [0.15, 0.2) is 47.4 Å². The summed E-state index contributed by atoms with van der Waals surface area (Å²) in [4.78, 5) is 15.0. The van der Waals surface area contributed by atoms with Gasteiger partial charge in [0, 0.05) is 32.7 Å². The molecule has 0 radical (unpaired) electrons. The molecule has 1 aliphatic rings. The number of amides is 1. The normalized spacial score (nSPS) is 14.9. The second kappa shape index (κ2) is 9.73. The molecule has 6 nitrogen and oxygen atoms in total. The molecule has 0 aromatic heterocycles. The molecule has 0 bridgehead atoms. The predicted octanol–water partition coefficient (Wildman–Crippen LogP) is 2.28. The van der Waals surface area contributed by atoms with E-state index in [-0.39, 0.29) is 19.0 Å². The third-order valence-electron chi connectivity index (χ3n) is 5.48. The second-order valence-electron chi connectivity index (χ2n) is 7.93. The zero-order valence-corrected chi connectivity index (χ0v) is 18.8. The summed E-state index contributed by atoms with van der Waals surface area (Å²) in [5.74, 6) is -0.143. The molecule has 0 aliphatic carbocycles. The van der Waals surface area contributed by atoms with E-state index in [4.69, 9.17) is 0 Å². The highest BCUT2D eigenvalue weighted by atomic mass is 32.2. The average Bonchev–Trinajstić information content (AvgIpc) is 2.71. The maximum atomic E-state index is 13.7. The summed E-state index contributed by atoms with van der Waals surface area (Å²) in [7, 11) is -3.81. The van der Waals surface area contributed by atoms with Crippen molar-refractivity contribution in [1.29, 1.82) is 0 Å². The molecule has 1 N–H and O–H groups in total. The summed E-state index contributed by atoms with van der Waals surface area (Å²) >= 11 is 0. The van der Waals surface area contributed by atoms with Crippen LogP contribution in [0.4, 0.5) is 0 Å². The molecular formula is C23H31N3O3S. The molecule has 0 saturated carbocycles. The summed E-state index contributed by atoms with van der Waals surface area (Å²) in [6, 6.07) is 13.5. The SMILES string of the molecule is Cc1cc(C)c(S(=O)(=O)N(CCc2ccccc2)CC(=O)N2CCNCC2)c(C)c1. The topological polar surface area (TPSA) is 69.7 Å². The summed E-state index contributed by atoms with van der Waals surface area (Å²) in [5.41, 5.74) is 3.50. The van der Waals surface area contributed by atoms with Gasteiger partial charge in [-0.15, -0.1) is 0 Å². The number of rotatable bonds is 7. The Hall–Kier alpha value is -2.22. The van der Waals surface area contributed by atoms with E-state index in [0.717, 1.165) is 24.2 Å².